The maximum Gasteiger partial charge on any atom is 0.162 e. The van der Waals surface area contributed by atoms with Crippen molar-refractivity contribution in [1.82, 2.24) is 4.98 Å². The monoisotopic (exact) mass is 284 g/mol. The Balaban J connectivity index is 1.78. The molecule has 1 aliphatic heterocycles. The molecule has 1 saturated carbocycles. The minimum Gasteiger partial charge on any atom is -0.486 e. The number of pyridine rings is 1. The van der Waals surface area contributed by atoms with Crippen molar-refractivity contribution >= 4 is 16.6 Å². The first-order valence-electron chi connectivity index (χ1n) is 7.76. The summed E-state index contributed by atoms with van der Waals surface area (Å²) in [7, 11) is 0. The van der Waals surface area contributed by atoms with Crippen LogP contribution < -0.4 is 14.8 Å². The van der Waals surface area contributed by atoms with Crippen LogP contribution in [0.2, 0.25) is 0 Å². The van der Waals surface area contributed by atoms with Crippen LogP contribution in [-0.2, 0) is 0 Å². The average molecular weight is 284 g/mol. The first-order chi connectivity index (χ1) is 10.3. The predicted octanol–water partition coefficient (Wildman–Crippen LogP) is 3.75. The molecule has 2 heterocycles. The lowest BCUT2D eigenvalue weighted by Crippen LogP contribution is -2.44. The van der Waals surface area contributed by atoms with Gasteiger partial charge >= 0.3 is 0 Å². The number of fused-ring (bicyclic) bond motifs is 2. The Morgan fingerprint density at radius 1 is 1.19 bits per heavy atom. The minimum atomic E-state index is 0.231. The van der Waals surface area contributed by atoms with Crippen LogP contribution in [0.4, 0.5) is 5.82 Å². The summed E-state index contributed by atoms with van der Waals surface area (Å²) in [6, 6.07) is 6.13. The van der Waals surface area contributed by atoms with Crippen molar-refractivity contribution in [2.75, 3.05) is 18.5 Å². The maximum absolute atomic E-state index is 5.70. The van der Waals surface area contributed by atoms with Crippen LogP contribution in [0.3, 0.4) is 0 Å². The molecule has 0 amide bonds. The Morgan fingerprint density at radius 3 is 2.62 bits per heavy atom. The number of nitrogens with one attached hydrogen (secondary N) is 1. The summed E-state index contributed by atoms with van der Waals surface area (Å²) >= 11 is 0. The Kier molecular flexibility index (Phi) is 2.91. The molecule has 0 spiro atoms. The van der Waals surface area contributed by atoms with Crippen LogP contribution >= 0.6 is 0 Å². The van der Waals surface area contributed by atoms with Gasteiger partial charge in [0.1, 0.15) is 19.0 Å². The summed E-state index contributed by atoms with van der Waals surface area (Å²) in [6.45, 7) is 3.48. The molecule has 0 radical (unpaired) electrons. The molecule has 1 fully saturated rings. The van der Waals surface area contributed by atoms with Crippen molar-refractivity contribution in [3.8, 4) is 11.5 Å². The van der Waals surface area contributed by atoms with Gasteiger partial charge in [-0.25, -0.2) is 4.98 Å². The molecule has 4 heteroatoms. The number of hydrogen-bond acceptors (Lipinski definition) is 4. The number of nitrogens with zero attached hydrogens (tertiary/aromatic N) is 1. The number of hydrogen-bond donors (Lipinski definition) is 1. The van der Waals surface area contributed by atoms with Gasteiger partial charge in [-0.3, -0.25) is 0 Å². The van der Waals surface area contributed by atoms with Gasteiger partial charge in [-0.15, -0.1) is 0 Å². The van der Waals surface area contributed by atoms with Crippen molar-refractivity contribution in [2.24, 2.45) is 0 Å². The number of benzene rings is 1. The standard InChI is InChI=1S/C17H20N2O2/c1-2-17(5-3-6-17)19-16-13-11-15-14(20-8-9-21-15)10-12(13)4-7-18-16/h4,7,10-11H,2-3,5-6,8-9H2,1H3,(H,18,19). The molecule has 0 saturated heterocycles. The summed E-state index contributed by atoms with van der Waals surface area (Å²) < 4.78 is 11.4. The number of ether oxygens (including phenoxy) is 2. The molecule has 1 aromatic carbocycles. The predicted molar refractivity (Wildman–Crippen MR) is 83.2 cm³/mol. The maximum atomic E-state index is 5.70. The molecule has 21 heavy (non-hydrogen) atoms. The van der Waals surface area contributed by atoms with Gasteiger partial charge < -0.3 is 14.8 Å². The molecule has 1 N–H and O–H groups in total. The van der Waals surface area contributed by atoms with Crippen molar-refractivity contribution in [2.45, 2.75) is 38.1 Å². The lowest BCUT2D eigenvalue weighted by atomic mass is 9.75. The first-order valence-corrected chi connectivity index (χ1v) is 7.76. The summed E-state index contributed by atoms with van der Waals surface area (Å²) in [5.74, 6) is 2.62. The highest BCUT2D eigenvalue weighted by molar-refractivity contribution is 5.94. The highest BCUT2D eigenvalue weighted by Crippen LogP contribution is 2.41. The third kappa shape index (κ3) is 2.09. The van der Waals surface area contributed by atoms with Gasteiger partial charge in [-0.2, -0.15) is 0 Å². The zero-order valence-corrected chi connectivity index (χ0v) is 12.3. The Labute approximate surface area is 124 Å². The molecule has 110 valence electrons. The van der Waals surface area contributed by atoms with Crippen LogP contribution in [0.1, 0.15) is 32.6 Å². The van der Waals surface area contributed by atoms with E-state index < -0.39 is 0 Å². The summed E-state index contributed by atoms with van der Waals surface area (Å²) in [6.07, 6.45) is 6.76. The van der Waals surface area contributed by atoms with Crippen LogP contribution in [0.5, 0.6) is 11.5 Å². The van der Waals surface area contributed by atoms with E-state index in [1.807, 2.05) is 12.3 Å². The Morgan fingerprint density at radius 2 is 1.95 bits per heavy atom. The van der Waals surface area contributed by atoms with E-state index in [2.05, 4.69) is 29.4 Å². The van der Waals surface area contributed by atoms with Crippen LogP contribution in [-0.4, -0.2) is 23.7 Å². The number of aromatic nitrogens is 1. The van der Waals surface area contributed by atoms with E-state index in [0.717, 1.165) is 34.5 Å². The lowest BCUT2D eigenvalue weighted by Gasteiger charge is -2.42. The van der Waals surface area contributed by atoms with Gasteiger partial charge in [-0.1, -0.05) is 6.92 Å². The molecule has 1 aliphatic carbocycles. The molecule has 4 rings (SSSR count). The van der Waals surface area contributed by atoms with Crippen molar-refractivity contribution in [3.05, 3.63) is 24.4 Å². The lowest BCUT2D eigenvalue weighted by molar-refractivity contribution is 0.172. The smallest absolute Gasteiger partial charge is 0.162 e. The van der Waals surface area contributed by atoms with E-state index in [9.17, 15) is 0 Å². The second-order valence-corrected chi connectivity index (χ2v) is 5.99. The third-order valence-electron chi connectivity index (χ3n) is 4.80. The number of rotatable bonds is 3. The fourth-order valence-corrected chi connectivity index (χ4v) is 3.23. The zero-order valence-electron chi connectivity index (χ0n) is 12.3. The summed E-state index contributed by atoms with van der Waals surface area (Å²) in [4.78, 5) is 4.56. The second-order valence-electron chi connectivity index (χ2n) is 5.99. The van der Waals surface area contributed by atoms with Crippen molar-refractivity contribution in [1.29, 1.82) is 0 Å². The molecule has 0 unspecified atom stereocenters. The molecule has 1 aromatic heterocycles. The minimum absolute atomic E-state index is 0.231. The SMILES string of the molecule is CCC1(Nc2nccc3cc4c(cc23)OCCO4)CCC1. The average Bonchev–Trinajstić information content (AvgIpc) is 2.49. The van der Waals surface area contributed by atoms with E-state index in [1.54, 1.807) is 0 Å². The Bertz CT molecular complexity index is 674. The van der Waals surface area contributed by atoms with Gasteiger partial charge in [-0.05, 0) is 49.3 Å². The highest BCUT2D eigenvalue weighted by Gasteiger charge is 2.35. The molecule has 0 atom stereocenters. The summed E-state index contributed by atoms with van der Waals surface area (Å²) in [5, 5.41) is 5.94. The van der Waals surface area contributed by atoms with Crippen LogP contribution in [0, 0.1) is 0 Å². The van der Waals surface area contributed by atoms with Gasteiger partial charge in [0, 0.05) is 17.1 Å². The van der Waals surface area contributed by atoms with E-state index in [-0.39, 0.29) is 5.54 Å². The molecular formula is C17H20N2O2. The van der Waals surface area contributed by atoms with Gasteiger partial charge in [0.2, 0.25) is 0 Å². The van der Waals surface area contributed by atoms with Gasteiger partial charge in [0.15, 0.2) is 11.5 Å². The van der Waals surface area contributed by atoms with Crippen molar-refractivity contribution in [3.63, 3.8) is 0 Å². The van der Waals surface area contributed by atoms with Gasteiger partial charge in [0.05, 0.1) is 0 Å². The van der Waals surface area contributed by atoms with E-state index in [1.165, 1.54) is 19.3 Å². The van der Waals surface area contributed by atoms with Crippen LogP contribution in [0.15, 0.2) is 24.4 Å². The number of anilines is 1. The van der Waals surface area contributed by atoms with E-state index >= 15 is 0 Å². The molecule has 0 bridgehead atoms. The normalized spacial score (nSPS) is 19.1. The second kappa shape index (κ2) is 4.79. The van der Waals surface area contributed by atoms with E-state index in [4.69, 9.17) is 9.47 Å². The Hall–Kier alpha value is -1.97. The molecule has 2 aliphatic rings. The first kappa shape index (κ1) is 12.7. The third-order valence-corrected chi connectivity index (χ3v) is 4.80. The highest BCUT2D eigenvalue weighted by atomic mass is 16.6. The molecular weight excluding hydrogens is 264 g/mol. The fourth-order valence-electron chi connectivity index (χ4n) is 3.23. The molecule has 4 nitrogen and oxygen atoms in total. The van der Waals surface area contributed by atoms with Crippen LogP contribution in [0.25, 0.3) is 10.8 Å². The topological polar surface area (TPSA) is 43.4 Å². The summed E-state index contributed by atoms with van der Waals surface area (Å²) in [5.41, 5.74) is 0.231. The fraction of sp³-hybridized carbons (Fsp3) is 0.471. The largest absolute Gasteiger partial charge is 0.486 e. The molecule has 2 aromatic rings. The van der Waals surface area contributed by atoms with E-state index in [0.29, 0.717) is 13.2 Å². The zero-order chi connectivity index (χ0) is 14.3. The van der Waals surface area contributed by atoms with Crippen molar-refractivity contribution < 1.29 is 9.47 Å². The quantitative estimate of drug-likeness (QED) is 0.932. The van der Waals surface area contributed by atoms with Gasteiger partial charge in [0.25, 0.3) is 0 Å².